The van der Waals surface area contributed by atoms with E-state index in [9.17, 15) is 29.1 Å². The normalized spacial score (nSPS) is 11.1. The van der Waals surface area contributed by atoms with Crippen LogP contribution >= 0.6 is 35.1 Å². The summed E-state index contributed by atoms with van der Waals surface area (Å²) in [4.78, 5) is 59.3. The number of rotatable bonds is 9. The van der Waals surface area contributed by atoms with E-state index in [0.717, 1.165) is 0 Å². The number of nitrogens with one attached hydrogen (secondary N) is 4. The minimum Gasteiger partial charge on any atom is -0.481 e. The molecule has 1 atom stereocenters. The predicted molar refractivity (Wildman–Crippen MR) is 135 cm³/mol. The van der Waals surface area contributed by atoms with Gasteiger partial charge in [-0.25, -0.2) is 4.79 Å². The number of ether oxygens (including phenoxy) is 1. The van der Waals surface area contributed by atoms with Crippen molar-refractivity contribution in [3.63, 3.8) is 0 Å². The van der Waals surface area contributed by atoms with Gasteiger partial charge in [0.05, 0.1) is 37.6 Å². The zero-order valence-electron chi connectivity index (χ0n) is 18.8. The molecule has 0 aliphatic carbocycles. The number of carbonyl (C=O) groups is 5. The zero-order chi connectivity index (χ0) is 26.7. The monoisotopic (exact) mass is 556 g/mol. The number of carboxylic acid groups (broad SMARTS) is 1. The highest BCUT2D eigenvalue weighted by Gasteiger charge is 2.20. The van der Waals surface area contributed by atoms with Crippen LogP contribution in [0.1, 0.15) is 35.3 Å². The van der Waals surface area contributed by atoms with Crippen LogP contribution < -0.4 is 20.7 Å². The Labute approximate surface area is 220 Å². The summed E-state index contributed by atoms with van der Waals surface area (Å²) in [5.74, 6) is -2.41. The molecule has 0 aliphatic rings. The second kappa shape index (κ2) is 14.2. The first-order valence-electron chi connectivity index (χ1n) is 10.3. The fourth-order valence-corrected chi connectivity index (χ4v) is 3.79. The second-order valence-electron chi connectivity index (χ2n) is 7.02. The van der Waals surface area contributed by atoms with Crippen LogP contribution in [0, 0.1) is 0 Å². The lowest BCUT2D eigenvalue weighted by Crippen LogP contribution is -2.39. The lowest BCUT2D eigenvalue weighted by molar-refractivity contribution is -0.137. The third-order valence-corrected chi connectivity index (χ3v) is 5.28. The Balaban J connectivity index is 1.94. The van der Waals surface area contributed by atoms with Gasteiger partial charge in [0.15, 0.2) is 0 Å². The molecule has 5 N–H and O–H groups in total. The van der Waals surface area contributed by atoms with Gasteiger partial charge in [-0.3, -0.25) is 23.9 Å². The largest absolute Gasteiger partial charge is 0.481 e. The van der Waals surface area contributed by atoms with E-state index in [1.54, 1.807) is 6.92 Å². The van der Waals surface area contributed by atoms with E-state index in [4.69, 9.17) is 23.2 Å². The molecule has 36 heavy (non-hydrogen) atoms. The maximum absolute atomic E-state index is 12.5. The number of anilines is 1. The van der Waals surface area contributed by atoms with Crippen molar-refractivity contribution >= 4 is 70.0 Å². The number of carbonyl (C=O) groups excluding carboxylic acids is 4. The number of aliphatic carboxylic acids is 1. The first-order chi connectivity index (χ1) is 17.1. The summed E-state index contributed by atoms with van der Waals surface area (Å²) in [6.45, 7) is 1.33. The molecule has 11 nitrogen and oxygen atoms in total. The summed E-state index contributed by atoms with van der Waals surface area (Å²) in [6, 6.07) is 9.39. The SMILES string of the molecule is CCOC(=O)NSC(=O)Nc1cccc(C(=O)NCC(=O)NC(CC(=O)O)c2cc(Cl)cc(Cl)c2)c1. The summed E-state index contributed by atoms with van der Waals surface area (Å²) in [5, 5.41) is 16.6. The van der Waals surface area contributed by atoms with Gasteiger partial charge in [0.25, 0.3) is 5.91 Å². The Hall–Kier alpha value is -3.48. The van der Waals surface area contributed by atoms with E-state index in [2.05, 4.69) is 25.4 Å². The van der Waals surface area contributed by atoms with Gasteiger partial charge in [0.2, 0.25) is 5.91 Å². The fraction of sp³-hybridized carbons (Fsp3) is 0.227. The molecule has 14 heteroatoms. The number of hydrogen-bond acceptors (Lipinski definition) is 7. The Bertz CT molecular complexity index is 1130. The van der Waals surface area contributed by atoms with Gasteiger partial charge in [-0.15, -0.1) is 0 Å². The Morgan fingerprint density at radius 3 is 2.39 bits per heavy atom. The molecule has 2 aromatic rings. The molecule has 0 radical (unpaired) electrons. The molecule has 192 valence electrons. The van der Waals surface area contributed by atoms with Crippen LogP contribution in [0.4, 0.5) is 15.3 Å². The van der Waals surface area contributed by atoms with Crippen LogP contribution in [0.25, 0.3) is 0 Å². The molecule has 2 aromatic carbocycles. The molecule has 0 aliphatic heterocycles. The molecular weight excluding hydrogens is 535 g/mol. The molecule has 0 saturated carbocycles. The van der Waals surface area contributed by atoms with Gasteiger partial charge >= 0.3 is 17.3 Å². The van der Waals surface area contributed by atoms with Crippen LogP contribution in [0.5, 0.6) is 0 Å². The van der Waals surface area contributed by atoms with Crippen molar-refractivity contribution in [3.05, 3.63) is 63.6 Å². The molecule has 2 rings (SSSR count). The molecule has 0 saturated heterocycles. The van der Waals surface area contributed by atoms with Crippen molar-refractivity contribution in [1.29, 1.82) is 0 Å². The molecule has 0 aromatic heterocycles. The molecule has 0 bridgehead atoms. The maximum atomic E-state index is 12.5. The molecule has 0 heterocycles. The minimum absolute atomic E-state index is 0.146. The maximum Gasteiger partial charge on any atom is 0.417 e. The van der Waals surface area contributed by atoms with E-state index in [0.29, 0.717) is 17.5 Å². The molecule has 0 spiro atoms. The van der Waals surface area contributed by atoms with Gasteiger partial charge in [-0.2, -0.15) is 0 Å². The van der Waals surface area contributed by atoms with Gasteiger partial charge in [0, 0.05) is 21.3 Å². The summed E-state index contributed by atoms with van der Waals surface area (Å²) >= 11 is 12.4. The lowest BCUT2D eigenvalue weighted by atomic mass is 10.0. The quantitative estimate of drug-likeness (QED) is 0.289. The van der Waals surface area contributed by atoms with Crippen LogP contribution in [-0.2, 0) is 14.3 Å². The number of carboxylic acids is 1. The average molecular weight is 557 g/mol. The van der Waals surface area contributed by atoms with Gasteiger partial charge in [-0.05, 0) is 48.9 Å². The fourth-order valence-electron chi connectivity index (χ4n) is 2.84. The highest BCUT2D eigenvalue weighted by molar-refractivity contribution is 8.12. The van der Waals surface area contributed by atoms with Crippen LogP contribution in [0.15, 0.2) is 42.5 Å². The van der Waals surface area contributed by atoms with Crippen LogP contribution in [0.3, 0.4) is 0 Å². The van der Waals surface area contributed by atoms with E-state index in [-0.39, 0.29) is 27.9 Å². The molecule has 4 amide bonds. The van der Waals surface area contributed by atoms with Crippen molar-refractivity contribution in [2.45, 2.75) is 19.4 Å². The van der Waals surface area contributed by atoms with Crippen molar-refractivity contribution in [2.75, 3.05) is 18.5 Å². The van der Waals surface area contributed by atoms with Gasteiger partial charge in [-0.1, -0.05) is 29.3 Å². The first kappa shape index (κ1) is 28.8. The third-order valence-electron chi connectivity index (χ3n) is 4.28. The van der Waals surface area contributed by atoms with E-state index >= 15 is 0 Å². The standard InChI is InChI=1S/C22H22Cl2N4O7S/c1-2-35-21(33)28-36-22(34)26-16-5-3-4-12(8-16)20(32)25-11-18(29)27-17(10-19(30)31)13-6-14(23)9-15(24)7-13/h3-9,17H,2,10-11H2,1H3,(H,25,32)(H,26,34)(H,27,29)(H,28,33)(H,30,31). The summed E-state index contributed by atoms with van der Waals surface area (Å²) in [6.07, 6.45) is -1.20. The van der Waals surface area contributed by atoms with E-state index in [1.807, 2.05) is 0 Å². The van der Waals surface area contributed by atoms with Crippen LogP contribution in [-0.4, -0.2) is 47.4 Å². The molecule has 1 unspecified atom stereocenters. The van der Waals surface area contributed by atoms with Crippen molar-refractivity contribution in [3.8, 4) is 0 Å². The van der Waals surface area contributed by atoms with Crippen molar-refractivity contribution in [2.24, 2.45) is 0 Å². The zero-order valence-corrected chi connectivity index (χ0v) is 21.1. The predicted octanol–water partition coefficient (Wildman–Crippen LogP) is 3.98. The summed E-state index contributed by atoms with van der Waals surface area (Å²) in [5.41, 5.74) is 0.815. The topological polar surface area (TPSA) is 163 Å². The number of halogens is 2. The Kier molecular flexibility index (Phi) is 11.3. The lowest BCUT2D eigenvalue weighted by Gasteiger charge is -2.18. The molecule has 0 fully saturated rings. The Morgan fingerprint density at radius 1 is 1.06 bits per heavy atom. The smallest absolute Gasteiger partial charge is 0.417 e. The number of hydrogen-bond donors (Lipinski definition) is 5. The third kappa shape index (κ3) is 10.0. The van der Waals surface area contributed by atoms with Gasteiger partial charge in [0.1, 0.15) is 0 Å². The minimum atomic E-state index is -1.16. The highest BCUT2D eigenvalue weighted by atomic mass is 35.5. The van der Waals surface area contributed by atoms with Gasteiger partial charge < -0.3 is 25.8 Å². The van der Waals surface area contributed by atoms with Crippen molar-refractivity contribution in [1.82, 2.24) is 15.4 Å². The summed E-state index contributed by atoms with van der Waals surface area (Å²) in [7, 11) is 0. The summed E-state index contributed by atoms with van der Waals surface area (Å²) < 4.78 is 6.83. The van der Waals surface area contributed by atoms with E-state index in [1.165, 1.54) is 42.5 Å². The number of amides is 4. The number of benzene rings is 2. The van der Waals surface area contributed by atoms with E-state index < -0.39 is 48.1 Å². The van der Waals surface area contributed by atoms with Crippen molar-refractivity contribution < 1.29 is 33.8 Å². The Morgan fingerprint density at radius 2 is 1.75 bits per heavy atom. The second-order valence-corrected chi connectivity index (χ2v) is 8.67. The van der Waals surface area contributed by atoms with Crippen LogP contribution in [0.2, 0.25) is 10.0 Å². The first-order valence-corrected chi connectivity index (χ1v) is 11.9. The average Bonchev–Trinajstić information content (AvgIpc) is 2.80. The highest BCUT2D eigenvalue weighted by Crippen LogP contribution is 2.25. The molecular formula is C22H22Cl2N4O7S.